The molecule has 9 saturated heterocycles. The Hall–Kier alpha value is -7.40. The third kappa shape index (κ3) is 36.2. The van der Waals surface area contributed by atoms with E-state index in [1.54, 1.807) is 94.3 Å². The van der Waals surface area contributed by atoms with Gasteiger partial charge in [0.1, 0.15) is 24.2 Å². The van der Waals surface area contributed by atoms with Crippen molar-refractivity contribution in [3.05, 3.63) is 0 Å². The molecule has 0 aromatic carbocycles. The summed E-state index contributed by atoms with van der Waals surface area (Å²) in [5.41, 5.74) is 0. The third-order valence-corrected chi connectivity index (χ3v) is 31.5. The van der Waals surface area contributed by atoms with Crippen molar-refractivity contribution in [1.29, 1.82) is 0 Å². The molecule has 9 fully saturated rings. The molecule has 9 aliphatic rings. The monoisotopic (exact) mass is 1950 g/mol. The maximum Gasteiger partial charge on any atom is 3.00 e. The van der Waals surface area contributed by atoms with Gasteiger partial charge >= 0.3 is 67.8 Å². The Bertz CT molecular complexity index is 3290. The third-order valence-electron chi connectivity index (χ3n) is 25.4. The number of fused-ring (bicyclic) bond motifs is 4. The van der Waals surface area contributed by atoms with Crippen LogP contribution in [0, 0.1) is 0 Å². The fourth-order valence-corrected chi connectivity index (χ4v) is 24.9. The first-order chi connectivity index (χ1) is 61.3. The Morgan fingerprint density at radius 3 is 0.682 bits per heavy atom. The molecule has 720 valence electrons. The van der Waals surface area contributed by atoms with Gasteiger partial charge < -0.3 is 105 Å². The van der Waals surface area contributed by atoms with Crippen LogP contribution in [-0.4, -0.2) is 374 Å². The Labute approximate surface area is 785 Å². The summed E-state index contributed by atoms with van der Waals surface area (Å²) in [6.45, 7) is 6.09. The van der Waals surface area contributed by atoms with E-state index in [4.69, 9.17) is 0 Å². The van der Waals surface area contributed by atoms with Crippen molar-refractivity contribution in [2.75, 3.05) is 102 Å². The van der Waals surface area contributed by atoms with Crippen molar-refractivity contribution in [1.82, 2.24) is 105 Å². The molecular formula is C84H140GaN20O20S4+3. The number of hydrogen-bond donors (Lipinski definition) is 20. The molecule has 20 atom stereocenters. The minimum Gasteiger partial charge on any atom is -0.480 e. The minimum absolute atomic E-state index is 0. The number of thioether (sulfide) groups is 4. The Balaban J connectivity index is 0.0000206. The average molecular weight is 1950 g/mol. The van der Waals surface area contributed by atoms with Gasteiger partial charge in [0.25, 0.3) is 0 Å². The summed E-state index contributed by atoms with van der Waals surface area (Å²) in [5.74, 6) is -4.16. The van der Waals surface area contributed by atoms with E-state index in [0.29, 0.717) is 25.7 Å². The number of aliphatic carboxylic acids is 4. The molecule has 0 bridgehead atoms. The Morgan fingerprint density at radius 1 is 0.302 bits per heavy atom. The van der Waals surface area contributed by atoms with E-state index < -0.39 is 95.8 Å². The zero-order valence-electron chi connectivity index (χ0n) is 75.0. The number of nitrogens with zero attached hydrogens (tertiary/aromatic N) is 4. The van der Waals surface area contributed by atoms with Crippen LogP contribution in [0.2, 0.25) is 0 Å². The molecule has 9 rings (SSSR count). The van der Waals surface area contributed by atoms with Crippen molar-refractivity contribution in [2.24, 2.45) is 0 Å². The summed E-state index contributed by atoms with van der Waals surface area (Å²) < 4.78 is 0. The second kappa shape index (κ2) is 55.3. The molecule has 129 heavy (non-hydrogen) atoms. The van der Waals surface area contributed by atoms with Crippen LogP contribution in [0.15, 0.2) is 0 Å². The van der Waals surface area contributed by atoms with Gasteiger partial charge in [-0.3, -0.25) is 77.1 Å². The first-order valence-corrected chi connectivity index (χ1v) is 50.4. The van der Waals surface area contributed by atoms with Gasteiger partial charge in [0, 0.05) is 198 Å². The van der Waals surface area contributed by atoms with Crippen LogP contribution in [0.4, 0.5) is 19.2 Å². The number of carboxylic acids is 4. The summed E-state index contributed by atoms with van der Waals surface area (Å²) in [6.07, 6.45) is 10.00. The van der Waals surface area contributed by atoms with Gasteiger partial charge in [-0.25, -0.2) is 19.2 Å². The first kappa shape index (κ1) is 107. The second-order valence-electron chi connectivity index (χ2n) is 35.7. The predicted molar refractivity (Wildman–Crippen MR) is 491 cm³/mol. The van der Waals surface area contributed by atoms with Gasteiger partial charge in [-0.2, -0.15) is 47.0 Å². The van der Waals surface area contributed by atoms with E-state index in [2.05, 4.69) is 85.1 Å². The van der Waals surface area contributed by atoms with E-state index in [9.17, 15) is 97.1 Å². The number of amides is 16. The fraction of sp³-hybridized carbons (Fsp3) is 0.810. The van der Waals surface area contributed by atoms with Crippen LogP contribution in [0.5, 0.6) is 0 Å². The second-order valence-corrected chi connectivity index (χ2v) is 40.8. The van der Waals surface area contributed by atoms with Crippen LogP contribution in [0.1, 0.15) is 207 Å². The molecule has 0 spiro atoms. The number of urea groups is 4. The van der Waals surface area contributed by atoms with E-state index in [-0.39, 0.29) is 318 Å². The number of unbranched alkanes of at least 4 members (excludes halogenated alkanes) is 4. The van der Waals surface area contributed by atoms with E-state index in [0.717, 1.165) is 74.4 Å². The normalized spacial score (nSPS) is 25.7. The molecule has 0 aliphatic carbocycles. The molecule has 0 aromatic heterocycles. The van der Waals surface area contributed by atoms with Crippen molar-refractivity contribution in [3.8, 4) is 0 Å². The van der Waals surface area contributed by atoms with Crippen LogP contribution in [-0.2, 0) is 57.5 Å². The molecule has 0 saturated carbocycles. The van der Waals surface area contributed by atoms with E-state index >= 15 is 0 Å². The molecule has 16 amide bonds. The molecule has 40 nitrogen and oxygen atoms in total. The van der Waals surface area contributed by atoms with Gasteiger partial charge in [-0.1, -0.05) is 25.7 Å². The molecule has 0 radical (unpaired) electrons. The van der Waals surface area contributed by atoms with E-state index in [1.165, 1.54) is 0 Å². The van der Waals surface area contributed by atoms with Crippen molar-refractivity contribution < 1.29 is 97.1 Å². The maximum atomic E-state index is 13.7. The quantitative estimate of drug-likeness (QED) is 0.0226. The molecule has 9 heterocycles. The Morgan fingerprint density at radius 2 is 0.496 bits per heavy atom. The minimum atomic E-state index is -1.28. The zero-order valence-corrected chi connectivity index (χ0v) is 80.7. The average Bonchev–Trinajstić information content (AvgIpc) is 1.68. The largest absolute Gasteiger partial charge is 3.00 e. The first-order valence-electron chi connectivity index (χ1n) is 46.2. The molecular weight excluding hydrogens is 1810 g/mol. The number of rotatable bonds is 56. The van der Waals surface area contributed by atoms with Crippen molar-refractivity contribution in [3.63, 3.8) is 0 Å². The molecule has 45 heteroatoms. The number of carboxylic acid groups (broad SMARTS) is 4. The fourth-order valence-electron chi connectivity index (χ4n) is 18.8. The van der Waals surface area contributed by atoms with Gasteiger partial charge in [0.05, 0.1) is 48.3 Å². The summed E-state index contributed by atoms with van der Waals surface area (Å²) >= 11 is 7.19. The summed E-state index contributed by atoms with van der Waals surface area (Å²) in [5, 5.41) is 92.3. The number of hydrogen-bond acceptors (Lipinski definition) is 24. The van der Waals surface area contributed by atoms with Gasteiger partial charge in [-0.15, -0.1) is 0 Å². The van der Waals surface area contributed by atoms with Gasteiger partial charge in [0.15, 0.2) is 0 Å². The SMILES string of the molecule is CC(CC(=O)NCCCC(C(=O)O)N1CCN(C(CCCNC(=O)CC(C)NC(=O)CCCC[C@@H]2SC[C@@H]3NC(=O)N[C@@H]32)C(=O)O)CCN(C(CCCNC(=O)CC(C)NC(=O)CCCC[C@@H]2SC[C@@H]3NC(=O)N[C@@H]32)C(=O)O)CCN(C(CCCNC(=O)CC(C)NC(=O)CCCC[C@@H]2SC[C@@H]3NC(=O)N[C@@H]32)C(=O)O)CC1)NC(=O)CCCC[C@@H]1SC[C@@H]2NC(=O)N[C@@H]21.[Ga+3]. The molecule has 20 N–H and O–H groups in total. The Kier molecular flexibility index (Phi) is 45.9. The summed E-state index contributed by atoms with van der Waals surface area (Å²) in [7, 11) is 0. The van der Waals surface area contributed by atoms with Crippen LogP contribution >= 0.6 is 47.0 Å². The van der Waals surface area contributed by atoms with Gasteiger partial charge in [-0.05, 0) is 130 Å². The smallest absolute Gasteiger partial charge is 0.480 e. The maximum absolute atomic E-state index is 13.7. The van der Waals surface area contributed by atoms with E-state index in [1.807, 2.05) is 0 Å². The molecule has 0 aromatic rings. The predicted octanol–water partition coefficient (Wildman–Crippen LogP) is 0.708. The number of carbonyl (C=O) groups excluding carboxylic acids is 12. The number of carbonyl (C=O) groups is 16. The van der Waals surface area contributed by atoms with Crippen LogP contribution in [0.3, 0.4) is 0 Å². The van der Waals surface area contributed by atoms with Crippen molar-refractivity contribution >= 4 is 162 Å². The summed E-state index contributed by atoms with van der Waals surface area (Å²) in [6, 6.07) is -7.33. The summed E-state index contributed by atoms with van der Waals surface area (Å²) in [4.78, 5) is 215. The topological polar surface area (TPSA) is 559 Å². The van der Waals surface area contributed by atoms with Crippen LogP contribution in [0.25, 0.3) is 0 Å². The standard InChI is InChI=1S/C84H140N20O20S4.Ga/c1-49(89-65(105)25-9-5-21-61-73-53(45-125-61)93-81(121)97-73)41-69(109)85-29-13-17-57(77(113)114)101-33-35-102(58(78(115)116)18-14-30-86-70(110)42-50(2)90-66(106)26-10-6-22-62-74-54(46-126-62)94-82(122)98-74)37-39-104(60(80(119)120)20-16-32-88-72(112)44-52(4)92-68(108)28-12-8-24-64-76-56(48-128-64)96-84(124)100-76)40-38-103(36-34-101)59(79(117)118)19-15-31-87-71(111)43-51(3)91-67(107)27-11-7-23-63-75-55(47-127-63)95-83(123)99-75;/h49-64,73-76H,5-48H2,1-4H3,(H,85,109)(H,86,110)(H,87,111)(H,88,112)(H,89,105)(H,90,106)(H,91,107)(H,92,108)(H,113,114)(H,115,116)(H,117,118)(H,119,120)(H2,93,97,121)(H2,94,98,122)(H2,95,99,123)(H2,96,100,124);/q;+3/t49?,50?,51?,52?,53-,54-,55-,56-,57?,58?,59?,60?,61-,62-,63-,64-,73-,74-,75-,76-;/m0./s1. The van der Waals surface area contributed by atoms with Gasteiger partial charge in [0.2, 0.25) is 47.3 Å². The molecule has 8 unspecified atom stereocenters. The molecule has 9 aliphatic heterocycles. The number of nitrogens with one attached hydrogen (secondary N) is 16. The van der Waals surface area contributed by atoms with Crippen LogP contribution < -0.4 is 85.1 Å². The zero-order chi connectivity index (χ0) is 92.3. The van der Waals surface area contributed by atoms with Crippen molar-refractivity contribution in [2.45, 2.75) is 325 Å².